The van der Waals surface area contributed by atoms with E-state index in [-0.39, 0.29) is 12.1 Å². The van der Waals surface area contributed by atoms with Crippen LogP contribution in [-0.2, 0) is 21.7 Å². The SMILES string of the molecule is CN(Cc1cccc(F)c1)C(=O)CN1C(=O)N[C@](C)(c2cc(F)ccc2F)C1=O. The van der Waals surface area contributed by atoms with E-state index < -0.39 is 47.4 Å². The summed E-state index contributed by atoms with van der Waals surface area (Å²) >= 11 is 0. The van der Waals surface area contributed by atoms with Crippen molar-refractivity contribution < 1.29 is 27.6 Å². The summed E-state index contributed by atoms with van der Waals surface area (Å²) in [5, 5.41) is 2.33. The van der Waals surface area contributed by atoms with Crippen LogP contribution in [0.25, 0.3) is 0 Å². The van der Waals surface area contributed by atoms with Gasteiger partial charge in [0.1, 0.15) is 29.5 Å². The van der Waals surface area contributed by atoms with Gasteiger partial charge in [-0.2, -0.15) is 0 Å². The first-order valence-corrected chi connectivity index (χ1v) is 8.70. The highest BCUT2D eigenvalue weighted by Gasteiger charge is 2.51. The van der Waals surface area contributed by atoms with Crippen molar-refractivity contribution in [3.05, 3.63) is 71.0 Å². The van der Waals surface area contributed by atoms with Gasteiger partial charge in [0, 0.05) is 19.2 Å². The topological polar surface area (TPSA) is 69.7 Å². The summed E-state index contributed by atoms with van der Waals surface area (Å²) in [4.78, 5) is 39.4. The highest BCUT2D eigenvalue weighted by Crippen LogP contribution is 2.31. The van der Waals surface area contributed by atoms with Crippen LogP contribution in [0.15, 0.2) is 42.5 Å². The molecular formula is C20H18F3N3O3. The third kappa shape index (κ3) is 3.94. The Morgan fingerprint density at radius 1 is 1.10 bits per heavy atom. The Kier molecular flexibility index (Phi) is 5.32. The first-order chi connectivity index (χ1) is 13.6. The van der Waals surface area contributed by atoms with Crippen LogP contribution in [0.3, 0.4) is 0 Å². The Balaban J connectivity index is 1.76. The molecule has 6 nitrogen and oxygen atoms in total. The zero-order chi connectivity index (χ0) is 21.3. The molecule has 4 amide bonds. The molecule has 0 saturated carbocycles. The van der Waals surface area contributed by atoms with Crippen LogP contribution in [0.4, 0.5) is 18.0 Å². The summed E-state index contributed by atoms with van der Waals surface area (Å²) in [6.45, 7) is 0.713. The Labute approximate surface area is 164 Å². The quantitative estimate of drug-likeness (QED) is 0.778. The highest BCUT2D eigenvalue weighted by molar-refractivity contribution is 6.09. The maximum atomic E-state index is 14.2. The standard InChI is InChI=1S/C20H18F3N3O3/c1-20(15-9-14(22)6-7-16(15)23)18(28)26(19(29)24-20)11-17(27)25(2)10-12-4-3-5-13(21)8-12/h3-9H,10-11H2,1-2H3,(H,24,29)/t20-/m1/s1. The van der Waals surface area contributed by atoms with Gasteiger partial charge in [-0.15, -0.1) is 0 Å². The van der Waals surface area contributed by atoms with Gasteiger partial charge in [-0.1, -0.05) is 12.1 Å². The summed E-state index contributed by atoms with van der Waals surface area (Å²) in [5.41, 5.74) is -1.64. The predicted molar refractivity (Wildman–Crippen MR) is 96.8 cm³/mol. The van der Waals surface area contributed by atoms with Crippen LogP contribution in [-0.4, -0.2) is 41.2 Å². The fourth-order valence-corrected chi connectivity index (χ4v) is 3.16. The molecule has 9 heteroatoms. The lowest BCUT2D eigenvalue weighted by Crippen LogP contribution is -2.44. The molecule has 152 valence electrons. The fraction of sp³-hybridized carbons (Fsp3) is 0.250. The van der Waals surface area contributed by atoms with Crippen LogP contribution in [0, 0.1) is 17.5 Å². The number of likely N-dealkylation sites (N-methyl/N-ethyl adjacent to an activating group) is 1. The molecule has 2 aromatic rings. The van der Waals surface area contributed by atoms with Crippen LogP contribution in [0.5, 0.6) is 0 Å². The number of benzene rings is 2. The predicted octanol–water partition coefficient (Wildman–Crippen LogP) is 2.53. The van der Waals surface area contributed by atoms with Crippen molar-refractivity contribution in [2.24, 2.45) is 0 Å². The van der Waals surface area contributed by atoms with Crippen LogP contribution in [0.2, 0.25) is 0 Å². The third-order valence-electron chi connectivity index (χ3n) is 4.77. The van der Waals surface area contributed by atoms with Crippen molar-refractivity contribution in [1.29, 1.82) is 0 Å². The molecular weight excluding hydrogens is 387 g/mol. The van der Waals surface area contributed by atoms with Crippen LogP contribution >= 0.6 is 0 Å². The smallest absolute Gasteiger partial charge is 0.325 e. The van der Waals surface area contributed by atoms with Crippen LogP contribution < -0.4 is 5.32 Å². The van der Waals surface area contributed by atoms with Crippen molar-refractivity contribution >= 4 is 17.8 Å². The molecule has 0 radical (unpaired) electrons. The van der Waals surface area contributed by atoms with Crippen molar-refractivity contribution in [2.45, 2.75) is 19.0 Å². The molecule has 2 aromatic carbocycles. The average molecular weight is 405 g/mol. The number of hydrogen-bond acceptors (Lipinski definition) is 3. The summed E-state index contributed by atoms with van der Waals surface area (Å²) in [5.74, 6) is -3.54. The van der Waals surface area contributed by atoms with E-state index >= 15 is 0 Å². The molecule has 1 aliphatic heterocycles. The molecule has 0 unspecified atom stereocenters. The van der Waals surface area contributed by atoms with Gasteiger partial charge in [-0.3, -0.25) is 14.5 Å². The lowest BCUT2D eigenvalue weighted by molar-refractivity contribution is -0.138. The summed E-state index contributed by atoms with van der Waals surface area (Å²) in [6, 6.07) is 7.35. The van der Waals surface area contributed by atoms with Gasteiger partial charge in [0.15, 0.2) is 0 Å². The average Bonchev–Trinajstić information content (AvgIpc) is 2.87. The summed E-state index contributed by atoms with van der Waals surface area (Å²) < 4.78 is 41.0. The van der Waals surface area contributed by atoms with E-state index in [4.69, 9.17) is 0 Å². The minimum Gasteiger partial charge on any atom is -0.340 e. The monoisotopic (exact) mass is 405 g/mol. The molecule has 0 aliphatic carbocycles. The van der Waals surface area contributed by atoms with Gasteiger partial charge < -0.3 is 10.2 Å². The number of hydrogen-bond donors (Lipinski definition) is 1. The third-order valence-corrected chi connectivity index (χ3v) is 4.77. The number of nitrogens with zero attached hydrogens (tertiary/aromatic N) is 2. The van der Waals surface area contributed by atoms with Crippen molar-refractivity contribution in [3.8, 4) is 0 Å². The summed E-state index contributed by atoms with van der Waals surface area (Å²) in [6.07, 6.45) is 0. The number of nitrogens with one attached hydrogen (secondary N) is 1. The van der Waals surface area contributed by atoms with Gasteiger partial charge in [0.25, 0.3) is 5.91 Å². The molecule has 1 atom stereocenters. The molecule has 0 spiro atoms. The van der Waals surface area contributed by atoms with Crippen LogP contribution in [0.1, 0.15) is 18.1 Å². The first kappa shape index (κ1) is 20.4. The van der Waals surface area contributed by atoms with Crippen molar-refractivity contribution in [3.63, 3.8) is 0 Å². The second kappa shape index (κ2) is 7.57. The van der Waals surface area contributed by atoms with E-state index in [0.717, 1.165) is 18.2 Å². The number of amides is 4. The van der Waals surface area contributed by atoms with E-state index in [9.17, 15) is 27.6 Å². The molecule has 0 aromatic heterocycles. The van der Waals surface area contributed by atoms with Gasteiger partial charge in [0.2, 0.25) is 5.91 Å². The molecule has 29 heavy (non-hydrogen) atoms. The zero-order valence-corrected chi connectivity index (χ0v) is 15.7. The summed E-state index contributed by atoms with van der Waals surface area (Å²) in [7, 11) is 1.44. The van der Waals surface area contributed by atoms with Crippen molar-refractivity contribution in [2.75, 3.05) is 13.6 Å². The Hall–Kier alpha value is -3.36. The highest BCUT2D eigenvalue weighted by atomic mass is 19.1. The van der Waals surface area contributed by atoms with Gasteiger partial charge in [-0.05, 0) is 42.8 Å². The second-order valence-corrected chi connectivity index (χ2v) is 6.95. The Morgan fingerprint density at radius 2 is 1.79 bits per heavy atom. The lowest BCUT2D eigenvalue weighted by atomic mass is 9.91. The molecule has 1 N–H and O–H groups in total. The van der Waals surface area contributed by atoms with Gasteiger partial charge in [0.05, 0.1) is 0 Å². The van der Waals surface area contributed by atoms with E-state index in [1.54, 1.807) is 6.07 Å². The molecule has 1 aliphatic rings. The van der Waals surface area contributed by atoms with Crippen molar-refractivity contribution in [1.82, 2.24) is 15.1 Å². The number of rotatable bonds is 5. The Bertz CT molecular complexity index is 998. The lowest BCUT2D eigenvalue weighted by Gasteiger charge is -2.23. The minimum atomic E-state index is -1.84. The normalized spacial score (nSPS) is 18.7. The fourth-order valence-electron chi connectivity index (χ4n) is 3.16. The number of imide groups is 1. The van der Waals surface area contributed by atoms with E-state index in [1.165, 1.54) is 37.1 Å². The maximum Gasteiger partial charge on any atom is 0.325 e. The van der Waals surface area contributed by atoms with E-state index in [2.05, 4.69) is 5.32 Å². The zero-order valence-electron chi connectivity index (χ0n) is 15.7. The van der Waals surface area contributed by atoms with Gasteiger partial charge in [-0.25, -0.2) is 18.0 Å². The molecule has 1 saturated heterocycles. The number of urea groups is 1. The van der Waals surface area contributed by atoms with E-state index in [1.807, 2.05) is 0 Å². The number of carbonyl (C=O) groups is 3. The Morgan fingerprint density at radius 3 is 2.48 bits per heavy atom. The maximum absolute atomic E-state index is 14.2. The molecule has 3 rings (SSSR count). The number of halogens is 3. The minimum absolute atomic E-state index is 0.0655. The first-order valence-electron chi connectivity index (χ1n) is 8.70. The number of carbonyl (C=O) groups excluding carboxylic acids is 3. The molecule has 1 fully saturated rings. The van der Waals surface area contributed by atoms with Gasteiger partial charge >= 0.3 is 6.03 Å². The molecule has 0 bridgehead atoms. The van der Waals surface area contributed by atoms with E-state index in [0.29, 0.717) is 10.5 Å². The second-order valence-electron chi connectivity index (χ2n) is 6.95. The molecule has 1 heterocycles. The largest absolute Gasteiger partial charge is 0.340 e.